The Morgan fingerprint density at radius 3 is 3.00 bits per heavy atom. The van der Waals surface area contributed by atoms with Crippen molar-refractivity contribution in [2.45, 2.75) is 18.9 Å². The number of halogens is 2. The second-order valence-corrected chi connectivity index (χ2v) is 5.30. The molecule has 1 aliphatic rings. The molecule has 0 radical (unpaired) electrons. The first-order chi connectivity index (χ1) is 8.58. The molecule has 1 fully saturated rings. The van der Waals surface area contributed by atoms with Crippen LogP contribution in [0.3, 0.4) is 0 Å². The van der Waals surface area contributed by atoms with Crippen LogP contribution < -0.4 is 0 Å². The summed E-state index contributed by atoms with van der Waals surface area (Å²) in [4.78, 5) is 13.7. The molecular formula is C13H15BrFNO2. The molecule has 0 aliphatic carbocycles. The van der Waals surface area contributed by atoms with E-state index in [0.717, 1.165) is 19.4 Å². The highest BCUT2D eigenvalue weighted by Gasteiger charge is 2.21. The lowest BCUT2D eigenvalue weighted by Gasteiger charge is -2.21. The molecule has 1 aromatic rings. The first-order valence-electron chi connectivity index (χ1n) is 5.90. The molecule has 1 aliphatic heterocycles. The van der Waals surface area contributed by atoms with E-state index < -0.39 is 0 Å². The Balaban J connectivity index is 2.02. The summed E-state index contributed by atoms with van der Waals surface area (Å²) < 4.78 is 18.9. The second-order valence-electron chi connectivity index (χ2n) is 4.45. The SMILES string of the molecule is CN(C[C@H]1CCCO1)C(=O)c1ccc(F)c(Br)c1. The molecule has 3 nitrogen and oxygen atoms in total. The Morgan fingerprint density at radius 1 is 1.61 bits per heavy atom. The maximum atomic E-state index is 13.1. The van der Waals surface area contributed by atoms with Crippen LogP contribution in [0.1, 0.15) is 23.2 Å². The number of carbonyl (C=O) groups excluding carboxylic acids is 1. The van der Waals surface area contributed by atoms with Crippen LogP contribution in [0.2, 0.25) is 0 Å². The minimum atomic E-state index is -0.367. The van der Waals surface area contributed by atoms with Gasteiger partial charge >= 0.3 is 0 Å². The summed E-state index contributed by atoms with van der Waals surface area (Å²) in [6, 6.07) is 4.29. The molecule has 5 heteroatoms. The van der Waals surface area contributed by atoms with E-state index in [9.17, 15) is 9.18 Å². The third-order valence-electron chi connectivity index (χ3n) is 3.01. The monoisotopic (exact) mass is 315 g/mol. The summed E-state index contributed by atoms with van der Waals surface area (Å²) in [5.41, 5.74) is 0.476. The van der Waals surface area contributed by atoms with Crippen molar-refractivity contribution in [3.8, 4) is 0 Å². The number of carbonyl (C=O) groups is 1. The van der Waals surface area contributed by atoms with Gasteiger partial charge in [0.2, 0.25) is 0 Å². The van der Waals surface area contributed by atoms with Crippen molar-refractivity contribution in [3.05, 3.63) is 34.1 Å². The van der Waals surface area contributed by atoms with Crippen molar-refractivity contribution in [2.75, 3.05) is 20.2 Å². The molecular weight excluding hydrogens is 301 g/mol. The van der Waals surface area contributed by atoms with Gasteiger partial charge in [0.1, 0.15) is 5.82 Å². The summed E-state index contributed by atoms with van der Waals surface area (Å²) >= 11 is 3.08. The van der Waals surface area contributed by atoms with E-state index in [4.69, 9.17) is 4.74 Å². The number of nitrogens with zero attached hydrogens (tertiary/aromatic N) is 1. The third-order valence-corrected chi connectivity index (χ3v) is 3.62. The fourth-order valence-corrected chi connectivity index (χ4v) is 2.41. The lowest BCUT2D eigenvalue weighted by molar-refractivity contribution is 0.0587. The quantitative estimate of drug-likeness (QED) is 0.858. The Morgan fingerprint density at radius 2 is 2.39 bits per heavy atom. The highest BCUT2D eigenvalue weighted by molar-refractivity contribution is 9.10. The molecule has 1 amide bonds. The zero-order chi connectivity index (χ0) is 13.1. The maximum absolute atomic E-state index is 13.1. The standard InChI is InChI=1S/C13H15BrFNO2/c1-16(8-10-3-2-6-18-10)13(17)9-4-5-12(15)11(14)7-9/h4-5,7,10H,2-3,6,8H2,1H3/t10-/m1/s1. The summed E-state index contributed by atoms with van der Waals surface area (Å²) in [6.07, 6.45) is 2.17. The van der Waals surface area contributed by atoms with Gasteiger partial charge in [0, 0.05) is 25.8 Å². The molecule has 0 spiro atoms. The molecule has 2 rings (SSSR count). The molecule has 98 valence electrons. The average molecular weight is 316 g/mol. The number of likely N-dealkylation sites (N-methyl/N-ethyl adjacent to an activating group) is 1. The van der Waals surface area contributed by atoms with E-state index in [-0.39, 0.29) is 17.8 Å². The first kappa shape index (κ1) is 13.5. The van der Waals surface area contributed by atoms with Gasteiger partial charge in [0.05, 0.1) is 10.6 Å². The second kappa shape index (κ2) is 5.80. The van der Waals surface area contributed by atoms with E-state index in [2.05, 4.69) is 15.9 Å². The zero-order valence-electron chi connectivity index (χ0n) is 10.2. The van der Waals surface area contributed by atoms with Crippen molar-refractivity contribution < 1.29 is 13.9 Å². The van der Waals surface area contributed by atoms with Crippen LogP contribution in [-0.2, 0) is 4.74 Å². The molecule has 0 saturated carbocycles. The number of rotatable bonds is 3. The van der Waals surface area contributed by atoms with E-state index in [1.54, 1.807) is 11.9 Å². The van der Waals surface area contributed by atoms with Gasteiger partial charge in [0.15, 0.2) is 0 Å². The molecule has 0 bridgehead atoms. The molecule has 0 unspecified atom stereocenters. The average Bonchev–Trinajstić information content (AvgIpc) is 2.84. The van der Waals surface area contributed by atoms with Gasteiger partial charge in [-0.1, -0.05) is 0 Å². The Hall–Kier alpha value is -0.940. The van der Waals surface area contributed by atoms with Crippen LogP contribution in [0.4, 0.5) is 4.39 Å². The lowest BCUT2D eigenvalue weighted by atomic mass is 10.2. The van der Waals surface area contributed by atoms with E-state index in [1.165, 1.54) is 18.2 Å². The van der Waals surface area contributed by atoms with Gasteiger partial charge in [-0.25, -0.2) is 4.39 Å². The lowest BCUT2D eigenvalue weighted by Crippen LogP contribution is -2.34. The van der Waals surface area contributed by atoms with E-state index in [0.29, 0.717) is 16.6 Å². The predicted octanol–water partition coefficient (Wildman–Crippen LogP) is 2.84. The number of amides is 1. The number of ether oxygens (including phenoxy) is 1. The van der Waals surface area contributed by atoms with Crippen molar-refractivity contribution in [3.63, 3.8) is 0 Å². The Kier molecular flexibility index (Phi) is 4.35. The normalized spacial score (nSPS) is 18.9. The highest BCUT2D eigenvalue weighted by Crippen LogP contribution is 2.19. The minimum Gasteiger partial charge on any atom is -0.376 e. The van der Waals surface area contributed by atoms with Crippen LogP contribution in [0.5, 0.6) is 0 Å². The molecule has 1 aromatic carbocycles. The molecule has 18 heavy (non-hydrogen) atoms. The maximum Gasteiger partial charge on any atom is 0.253 e. The molecule has 1 heterocycles. The van der Waals surface area contributed by atoms with Gasteiger partial charge in [0.25, 0.3) is 5.91 Å². The number of hydrogen-bond donors (Lipinski definition) is 0. The Bertz CT molecular complexity index is 447. The van der Waals surface area contributed by atoms with Crippen LogP contribution >= 0.6 is 15.9 Å². The zero-order valence-corrected chi connectivity index (χ0v) is 11.7. The number of benzene rings is 1. The molecule has 0 N–H and O–H groups in total. The van der Waals surface area contributed by atoms with Crippen LogP contribution in [0.25, 0.3) is 0 Å². The molecule has 1 atom stereocenters. The molecule has 1 saturated heterocycles. The summed E-state index contributed by atoms with van der Waals surface area (Å²) in [5.74, 6) is -0.487. The van der Waals surface area contributed by atoms with Crippen molar-refractivity contribution in [2.24, 2.45) is 0 Å². The third kappa shape index (κ3) is 3.09. The van der Waals surface area contributed by atoms with Crippen molar-refractivity contribution >= 4 is 21.8 Å². The van der Waals surface area contributed by atoms with Crippen LogP contribution in [0.15, 0.2) is 22.7 Å². The van der Waals surface area contributed by atoms with Gasteiger partial charge < -0.3 is 9.64 Å². The Labute approximate surface area is 114 Å². The van der Waals surface area contributed by atoms with Crippen molar-refractivity contribution in [1.82, 2.24) is 4.90 Å². The van der Waals surface area contributed by atoms with Crippen LogP contribution in [0, 0.1) is 5.82 Å². The van der Waals surface area contributed by atoms with Gasteiger partial charge in [-0.2, -0.15) is 0 Å². The van der Waals surface area contributed by atoms with Crippen LogP contribution in [-0.4, -0.2) is 37.1 Å². The topological polar surface area (TPSA) is 29.5 Å². The fraction of sp³-hybridized carbons (Fsp3) is 0.462. The van der Waals surface area contributed by atoms with Gasteiger partial charge in [-0.15, -0.1) is 0 Å². The fourth-order valence-electron chi connectivity index (χ4n) is 2.03. The van der Waals surface area contributed by atoms with Gasteiger partial charge in [-0.05, 0) is 47.0 Å². The van der Waals surface area contributed by atoms with Crippen molar-refractivity contribution in [1.29, 1.82) is 0 Å². The van der Waals surface area contributed by atoms with E-state index >= 15 is 0 Å². The summed E-state index contributed by atoms with van der Waals surface area (Å²) in [7, 11) is 1.74. The highest BCUT2D eigenvalue weighted by atomic mass is 79.9. The first-order valence-corrected chi connectivity index (χ1v) is 6.69. The summed E-state index contributed by atoms with van der Waals surface area (Å²) in [6.45, 7) is 1.35. The van der Waals surface area contributed by atoms with E-state index in [1.807, 2.05) is 0 Å². The summed E-state index contributed by atoms with van der Waals surface area (Å²) in [5, 5.41) is 0. The minimum absolute atomic E-state index is 0.119. The molecule has 0 aromatic heterocycles. The number of hydrogen-bond acceptors (Lipinski definition) is 2. The van der Waals surface area contributed by atoms with Gasteiger partial charge in [-0.3, -0.25) is 4.79 Å². The predicted molar refractivity (Wildman–Crippen MR) is 70.0 cm³/mol. The smallest absolute Gasteiger partial charge is 0.253 e. The largest absolute Gasteiger partial charge is 0.376 e.